The van der Waals surface area contributed by atoms with Crippen LogP contribution in [-0.2, 0) is 4.74 Å². The summed E-state index contributed by atoms with van der Waals surface area (Å²) < 4.78 is 7.34. The highest BCUT2D eigenvalue weighted by Gasteiger charge is 2.20. The number of alkyl halides is 1. The molecule has 0 amide bonds. The molecule has 0 spiro atoms. The van der Waals surface area contributed by atoms with Crippen molar-refractivity contribution in [2.75, 3.05) is 4.43 Å². The van der Waals surface area contributed by atoms with E-state index >= 15 is 0 Å². The average molecular weight is 344 g/mol. The zero-order chi connectivity index (χ0) is 12.1. The van der Waals surface area contributed by atoms with Crippen molar-refractivity contribution in [3.8, 4) is 0 Å². The largest absolute Gasteiger partial charge is 0.369 e. The van der Waals surface area contributed by atoms with Gasteiger partial charge >= 0.3 is 0 Å². The van der Waals surface area contributed by atoms with Crippen LogP contribution in [0.1, 0.15) is 49.3 Å². The maximum atomic E-state index is 6.30. The smallest absolute Gasteiger partial charge is 0.0920 e. The molecule has 1 aromatic rings. The maximum absolute atomic E-state index is 6.30. The summed E-state index contributed by atoms with van der Waals surface area (Å²) in [5.74, 6) is 0. The van der Waals surface area contributed by atoms with Crippen molar-refractivity contribution in [2.24, 2.45) is 0 Å². The first-order chi connectivity index (χ1) is 8.31. The van der Waals surface area contributed by atoms with E-state index in [9.17, 15) is 0 Å². The summed E-state index contributed by atoms with van der Waals surface area (Å²) in [6, 6.07) is 8.61. The van der Waals surface area contributed by atoms with Gasteiger partial charge < -0.3 is 4.74 Å². The van der Waals surface area contributed by atoms with E-state index in [0.29, 0.717) is 6.10 Å². The van der Waals surface area contributed by atoms with Gasteiger partial charge in [-0.1, -0.05) is 66.1 Å². The van der Waals surface area contributed by atoms with Crippen molar-refractivity contribution < 1.29 is 4.74 Å². The van der Waals surface area contributed by atoms with Crippen LogP contribution in [0.5, 0.6) is 0 Å². The van der Waals surface area contributed by atoms with Crippen LogP contribution in [0.15, 0.2) is 24.3 Å². The number of ether oxygens (including phenoxy) is 1. The molecule has 0 heterocycles. The van der Waals surface area contributed by atoms with Crippen molar-refractivity contribution >= 4 is 22.6 Å². The molecule has 1 aliphatic rings. The van der Waals surface area contributed by atoms with Gasteiger partial charge in [0.05, 0.1) is 12.2 Å². The van der Waals surface area contributed by atoms with Gasteiger partial charge in [0.25, 0.3) is 0 Å². The molecule has 0 saturated heterocycles. The second-order valence-electron chi connectivity index (χ2n) is 4.90. The molecule has 0 aromatic heterocycles. The van der Waals surface area contributed by atoms with Crippen LogP contribution in [-0.4, -0.2) is 10.5 Å². The molecule has 1 unspecified atom stereocenters. The van der Waals surface area contributed by atoms with Gasteiger partial charge in [-0.2, -0.15) is 0 Å². The van der Waals surface area contributed by atoms with E-state index in [1.54, 1.807) is 0 Å². The van der Waals surface area contributed by atoms with Crippen LogP contribution in [0.2, 0.25) is 0 Å². The Balaban J connectivity index is 2.03. The highest BCUT2D eigenvalue weighted by atomic mass is 127. The maximum Gasteiger partial charge on any atom is 0.0920 e. The third kappa shape index (κ3) is 3.68. The van der Waals surface area contributed by atoms with E-state index in [4.69, 9.17) is 4.74 Å². The fraction of sp³-hybridized carbons (Fsp3) is 0.600. The molecule has 2 heteroatoms. The summed E-state index contributed by atoms with van der Waals surface area (Å²) in [6.07, 6.45) is 7.33. The van der Waals surface area contributed by atoms with Crippen LogP contribution in [0.3, 0.4) is 0 Å². The Bertz CT molecular complexity index is 345. The Hall–Kier alpha value is -0.0900. The summed E-state index contributed by atoms with van der Waals surface area (Å²) in [7, 11) is 0. The molecule has 1 aromatic carbocycles. The molecule has 0 N–H and O–H groups in total. The normalized spacial score (nSPS) is 19.2. The summed E-state index contributed by atoms with van der Waals surface area (Å²) in [5, 5.41) is 0. The second-order valence-corrected chi connectivity index (χ2v) is 5.78. The van der Waals surface area contributed by atoms with E-state index in [-0.39, 0.29) is 6.10 Å². The number of halogens is 1. The van der Waals surface area contributed by atoms with Gasteiger partial charge in [0.2, 0.25) is 0 Å². The highest BCUT2D eigenvalue weighted by molar-refractivity contribution is 14.1. The zero-order valence-electron chi connectivity index (χ0n) is 10.5. The lowest BCUT2D eigenvalue weighted by Gasteiger charge is -2.27. The molecular formula is C15H21IO. The molecular weight excluding hydrogens is 323 g/mol. The number of aryl methyl sites for hydroxylation is 1. The van der Waals surface area contributed by atoms with Gasteiger partial charge in [-0.25, -0.2) is 0 Å². The van der Waals surface area contributed by atoms with Crippen molar-refractivity contribution in [1.29, 1.82) is 0 Å². The van der Waals surface area contributed by atoms with Crippen LogP contribution < -0.4 is 0 Å². The first kappa shape index (κ1) is 13.3. The number of rotatable bonds is 4. The van der Waals surface area contributed by atoms with Crippen molar-refractivity contribution in [3.05, 3.63) is 35.4 Å². The van der Waals surface area contributed by atoms with E-state index in [0.717, 1.165) is 4.43 Å². The fourth-order valence-electron chi connectivity index (χ4n) is 2.57. The molecule has 1 aliphatic carbocycles. The molecule has 17 heavy (non-hydrogen) atoms. The zero-order valence-corrected chi connectivity index (χ0v) is 12.7. The molecule has 0 radical (unpaired) electrons. The third-order valence-corrected chi connectivity index (χ3v) is 4.38. The number of hydrogen-bond donors (Lipinski definition) is 0. The lowest BCUT2D eigenvalue weighted by Crippen LogP contribution is -2.21. The predicted octanol–water partition coefficient (Wildman–Crippen LogP) is 4.82. The minimum absolute atomic E-state index is 0.278. The summed E-state index contributed by atoms with van der Waals surface area (Å²) >= 11 is 2.44. The number of hydrogen-bond acceptors (Lipinski definition) is 1. The van der Waals surface area contributed by atoms with E-state index < -0.39 is 0 Å². The van der Waals surface area contributed by atoms with Crippen LogP contribution in [0.25, 0.3) is 0 Å². The summed E-state index contributed by atoms with van der Waals surface area (Å²) in [4.78, 5) is 0. The Kier molecular flexibility index (Phi) is 5.29. The van der Waals surface area contributed by atoms with Crippen molar-refractivity contribution in [1.82, 2.24) is 0 Å². The first-order valence-corrected chi connectivity index (χ1v) is 8.11. The number of benzene rings is 1. The fourth-order valence-corrected chi connectivity index (χ4v) is 3.26. The highest BCUT2D eigenvalue weighted by Crippen LogP contribution is 2.29. The molecule has 1 fully saturated rings. The van der Waals surface area contributed by atoms with E-state index in [1.807, 2.05) is 0 Å². The standard InChI is InChI=1S/C15H21IO/c1-12-7-5-6-10-14(12)15(11-16)17-13-8-3-2-4-9-13/h5-7,10,13,15H,2-4,8-9,11H2,1H3. The van der Waals surface area contributed by atoms with Crippen LogP contribution in [0.4, 0.5) is 0 Å². The Morgan fingerprint density at radius 1 is 1.24 bits per heavy atom. The molecule has 1 saturated carbocycles. The van der Waals surface area contributed by atoms with Gasteiger partial charge in [-0.05, 0) is 30.9 Å². The lowest BCUT2D eigenvalue weighted by atomic mass is 9.97. The van der Waals surface area contributed by atoms with Crippen molar-refractivity contribution in [3.63, 3.8) is 0 Å². The quantitative estimate of drug-likeness (QED) is 0.562. The summed E-state index contributed by atoms with van der Waals surface area (Å²) in [5.41, 5.74) is 2.72. The Morgan fingerprint density at radius 3 is 2.59 bits per heavy atom. The van der Waals surface area contributed by atoms with Gasteiger partial charge in [-0.15, -0.1) is 0 Å². The van der Waals surface area contributed by atoms with E-state index in [2.05, 4.69) is 53.8 Å². The molecule has 0 bridgehead atoms. The van der Waals surface area contributed by atoms with Gasteiger partial charge in [-0.3, -0.25) is 0 Å². The SMILES string of the molecule is Cc1ccccc1C(CI)OC1CCCCC1. The Morgan fingerprint density at radius 2 is 1.94 bits per heavy atom. The monoisotopic (exact) mass is 344 g/mol. The van der Waals surface area contributed by atoms with Crippen molar-refractivity contribution in [2.45, 2.75) is 51.2 Å². The lowest BCUT2D eigenvalue weighted by molar-refractivity contribution is -0.0187. The molecule has 1 atom stereocenters. The minimum Gasteiger partial charge on any atom is -0.369 e. The average Bonchev–Trinajstić information content (AvgIpc) is 2.38. The predicted molar refractivity (Wildman–Crippen MR) is 80.8 cm³/mol. The van der Waals surface area contributed by atoms with Crippen LogP contribution in [0, 0.1) is 6.92 Å². The molecule has 1 nitrogen and oxygen atoms in total. The van der Waals surface area contributed by atoms with Gasteiger partial charge in [0.1, 0.15) is 0 Å². The van der Waals surface area contributed by atoms with Gasteiger partial charge in [0.15, 0.2) is 0 Å². The molecule has 0 aliphatic heterocycles. The first-order valence-electron chi connectivity index (χ1n) is 6.58. The molecule has 2 rings (SSSR count). The Labute approximate surface area is 118 Å². The van der Waals surface area contributed by atoms with Gasteiger partial charge in [0, 0.05) is 4.43 Å². The summed E-state index contributed by atoms with van der Waals surface area (Å²) in [6.45, 7) is 2.18. The second kappa shape index (κ2) is 6.74. The molecule has 94 valence electrons. The van der Waals surface area contributed by atoms with E-state index in [1.165, 1.54) is 43.2 Å². The minimum atomic E-state index is 0.278. The topological polar surface area (TPSA) is 9.23 Å². The van der Waals surface area contributed by atoms with Crippen LogP contribution >= 0.6 is 22.6 Å². The third-order valence-electron chi connectivity index (χ3n) is 3.58.